The van der Waals surface area contributed by atoms with Crippen LogP contribution < -0.4 is 10.2 Å². The lowest BCUT2D eigenvalue weighted by Crippen LogP contribution is -2.48. The van der Waals surface area contributed by atoms with E-state index in [1.54, 1.807) is 30.3 Å². The van der Waals surface area contributed by atoms with E-state index in [4.69, 9.17) is 11.6 Å². The molecule has 1 fully saturated rings. The number of rotatable bonds is 5. The number of aromatic nitrogens is 1. The van der Waals surface area contributed by atoms with E-state index >= 15 is 0 Å². The number of nitrogens with one attached hydrogen (secondary N) is 1. The number of halogens is 2. The van der Waals surface area contributed by atoms with Crippen molar-refractivity contribution >= 4 is 44.2 Å². The molecule has 0 bridgehead atoms. The number of piperazine rings is 1. The van der Waals surface area contributed by atoms with E-state index in [2.05, 4.69) is 20.1 Å². The van der Waals surface area contributed by atoms with E-state index in [0.717, 1.165) is 42.6 Å². The largest absolute Gasteiger partial charge is 0.351 e. The summed E-state index contributed by atoms with van der Waals surface area (Å²) in [5.74, 6) is -0.423. The number of para-hydroxylation sites is 1. The van der Waals surface area contributed by atoms with Crippen molar-refractivity contribution in [1.29, 1.82) is 0 Å². The molecule has 146 valence electrons. The number of anilines is 1. The number of thiazole rings is 1. The molecule has 1 amide bonds. The van der Waals surface area contributed by atoms with Gasteiger partial charge in [-0.2, -0.15) is 0 Å². The first-order valence-corrected chi connectivity index (χ1v) is 10.4. The molecule has 0 spiro atoms. The second kappa shape index (κ2) is 8.43. The van der Waals surface area contributed by atoms with Crippen LogP contribution in [0, 0.1) is 5.82 Å². The Morgan fingerprint density at radius 2 is 1.93 bits per heavy atom. The number of hydrogen-bond acceptors (Lipinski definition) is 5. The fraction of sp³-hybridized carbons (Fsp3) is 0.300. The number of carbonyl (C=O) groups excluding carboxylic acids is 1. The Balaban J connectivity index is 1.27. The van der Waals surface area contributed by atoms with Crippen LogP contribution in [0.4, 0.5) is 9.52 Å². The summed E-state index contributed by atoms with van der Waals surface area (Å²) >= 11 is 7.58. The SMILES string of the molecule is O=C(NCCN1CCN(c2nc3c(F)cccc3s2)CC1)c1ccccc1Cl. The highest BCUT2D eigenvalue weighted by atomic mass is 35.5. The lowest BCUT2D eigenvalue weighted by Gasteiger charge is -2.34. The average Bonchev–Trinajstić information content (AvgIpc) is 3.14. The molecule has 0 atom stereocenters. The van der Waals surface area contributed by atoms with Gasteiger partial charge in [0.25, 0.3) is 5.91 Å². The molecular formula is C20H20ClFN4OS. The molecule has 1 N–H and O–H groups in total. The van der Waals surface area contributed by atoms with Crippen LogP contribution in [0.3, 0.4) is 0 Å². The molecule has 0 aliphatic carbocycles. The number of fused-ring (bicyclic) bond motifs is 1. The van der Waals surface area contributed by atoms with Crippen molar-refractivity contribution in [2.75, 3.05) is 44.2 Å². The molecule has 1 aromatic heterocycles. The smallest absolute Gasteiger partial charge is 0.252 e. The van der Waals surface area contributed by atoms with Gasteiger partial charge in [-0.3, -0.25) is 9.69 Å². The number of nitrogens with zero attached hydrogens (tertiary/aromatic N) is 3. The fourth-order valence-corrected chi connectivity index (χ4v) is 4.52. The van der Waals surface area contributed by atoms with Gasteiger partial charge in [0.15, 0.2) is 5.13 Å². The predicted molar refractivity (Wildman–Crippen MR) is 112 cm³/mol. The topological polar surface area (TPSA) is 48.5 Å². The van der Waals surface area contributed by atoms with E-state index in [9.17, 15) is 9.18 Å². The zero-order valence-electron chi connectivity index (χ0n) is 15.2. The van der Waals surface area contributed by atoms with E-state index in [0.29, 0.717) is 22.6 Å². The Labute approximate surface area is 171 Å². The second-order valence-electron chi connectivity index (χ2n) is 6.65. The summed E-state index contributed by atoms with van der Waals surface area (Å²) in [4.78, 5) is 21.2. The molecule has 0 radical (unpaired) electrons. The number of hydrogen-bond donors (Lipinski definition) is 1. The maximum absolute atomic E-state index is 13.9. The lowest BCUT2D eigenvalue weighted by molar-refractivity contribution is 0.0948. The van der Waals surface area contributed by atoms with Crippen LogP contribution in [0.25, 0.3) is 10.2 Å². The van der Waals surface area contributed by atoms with Crippen LogP contribution in [-0.2, 0) is 0 Å². The summed E-state index contributed by atoms with van der Waals surface area (Å²) in [6, 6.07) is 12.1. The summed E-state index contributed by atoms with van der Waals surface area (Å²) in [7, 11) is 0. The lowest BCUT2D eigenvalue weighted by atomic mass is 10.2. The highest BCUT2D eigenvalue weighted by Gasteiger charge is 2.20. The molecule has 2 heterocycles. The molecule has 0 unspecified atom stereocenters. The molecule has 0 saturated carbocycles. The van der Waals surface area contributed by atoms with Gasteiger partial charge < -0.3 is 10.2 Å². The van der Waals surface area contributed by atoms with Crippen LogP contribution in [0.5, 0.6) is 0 Å². The van der Waals surface area contributed by atoms with Crippen LogP contribution in [-0.4, -0.2) is 55.1 Å². The molecule has 5 nitrogen and oxygen atoms in total. The standard InChI is InChI=1S/C20H20ClFN4OS/c21-15-5-2-1-4-14(15)19(27)23-8-9-25-10-12-26(13-11-25)20-24-18-16(22)6-3-7-17(18)28-20/h1-7H,8-13H2,(H,23,27). The first-order chi connectivity index (χ1) is 13.6. The van der Waals surface area contributed by atoms with Crippen LogP contribution in [0.2, 0.25) is 5.02 Å². The Bertz CT molecular complexity index is 987. The average molecular weight is 419 g/mol. The normalized spacial score (nSPS) is 15.1. The third kappa shape index (κ3) is 4.11. The molecule has 1 aliphatic rings. The Hall–Kier alpha value is -2.22. The number of amides is 1. The van der Waals surface area contributed by atoms with Gasteiger partial charge in [0.1, 0.15) is 11.3 Å². The maximum atomic E-state index is 13.9. The van der Waals surface area contributed by atoms with Gasteiger partial charge in [-0.05, 0) is 24.3 Å². The first kappa shape index (κ1) is 19.1. The predicted octanol–water partition coefficient (Wildman–Crippen LogP) is 3.64. The van der Waals surface area contributed by atoms with Gasteiger partial charge >= 0.3 is 0 Å². The van der Waals surface area contributed by atoms with Gasteiger partial charge in [0.2, 0.25) is 0 Å². The second-order valence-corrected chi connectivity index (χ2v) is 8.06. The Morgan fingerprint density at radius 1 is 1.14 bits per heavy atom. The quantitative estimate of drug-likeness (QED) is 0.687. The summed E-state index contributed by atoms with van der Waals surface area (Å²) in [6.45, 7) is 4.76. The third-order valence-corrected chi connectivity index (χ3v) is 6.24. The van der Waals surface area contributed by atoms with Gasteiger partial charge in [-0.15, -0.1) is 0 Å². The Kier molecular flexibility index (Phi) is 5.75. The molecule has 1 aliphatic heterocycles. The molecule has 3 aromatic rings. The summed E-state index contributed by atoms with van der Waals surface area (Å²) in [6.07, 6.45) is 0. The van der Waals surface area contributed by atoms with Crippen LogP contribution in [0.1, 0.15) is 10.4 Å². The molecule has 28 heavy (non-hydrogen) atoms. The van der Waals surface area contributed by atoms with E-state index in [1.807, 2.05) is 6.07 Å². The fourth-order valence-electron chi connectivity index (χ4n) is 3.27. The molecule has 8 heteroatoms. The summed E-state index contributed by atoms with van der Waals surface area (Å²) in [5, 5.41) is 4.25. The maximum Gasteiger partial charge on any atom is 0.252 e. The Morgan fingerprint density at radius 3 is 2.68 bits per heavy atom. The minimum absolute atomic E-state index is 0.152. The van der Waals surface area contributed by atoms with Crippen molar-refractivity contribution in [3.05, 3.63) is 58.9 Å². The first-order valence-electron chi connectivity index (χ1n) is 9.17. The molecule has 2 aromatic carbocycles. The summed E-state index contributed by atoms with van der Waals surface area (Å²) < 4.78 is 14.7. The van der Waals surface area contributed by atoms with Crippen LogP contribution >= 0.6 is 22.9 Å². The molecule has 4 rings (SSSR count). The number of carbonyl (C=O) groups is 1. The molecule has 1 saturated heterocycles. The van der Waals surface area contributed by atoms with E-state index < -0.39 is 0 Å². The van der Waals surface area contributed by atoms with E-state index in [-0.39, 0.29) is 11.7 Å². The molecular weight excluding hydrogens is 399 g/mol. The zero-order valence-corrected chi connectivity index (χ0v) is 16.8. The van der Waals surface area contributed by atoms with Gasteiger partial charge in [-0.1, -0.05) is 41.1 Å². The highest BCUT2D eigenvalue weighted by Crippen LogP contribution is 2.30. The van der Waals surface area contributed by atoms with E-state index in [1.165, 1.54) is 17.4 Å². The van der Waals surface area contributed by atoms with Crippen molar-refractivity contribution in [2.24, 2.45) is 0 Å². The van der Waals surface area contributed by atoms with Crippen molar-refractivity contribution < 1.29 is 9.18 Å². The van der Waals surface area contributed by atoms with Gasteiger partial charge in [-0.25, -0.2) is 9.37 Å². The summed E-state index contributed by atoms with van der Waals surface area (Å²) in [5.41, 5.74) is 0.948. The van der Waals surface area contributed by atoms with Crippen molar-refractivity contribution in [3.63, 3.8) is 0 Å². The van der Waals surface area contributed by atoms with Crippen molar-refractivity contribution in [3.8, 4) is 0 Å². The third-order valence-electron chi connectivity index (χ3n) is 4.83. The number of benzene rings is 2. The monoisotopic (exact) mass is 418 g/mol. The van der Waals surface area contributed by atoms with Gasteiger partial charge in [0.05, 0.1) is 15.3 Å². The van der Waals surface area contributed by atoms with Crippen molar-refractivity contribution in [1.82, 2.24) is 15.2 Å². The zero-order chi connectivity index (χ0) is 19.5. The van der Waals surface area contributed by atoms with Crippen LogP contribution in [0.15, 0.2) is 42.5 Å². The van der Waals surface area contributed by atoms with Gasteiger partial charge in [0, 0.05) is 39.3 Å². The van der Waals surface area contributed by atoms with Crippen molar-refractivity contribution in [2.45, 2.75) is 0 Å². The highest BCUT2D eigenvalue weighted by molar-refractivity contribution is 7.22. The minimum Gasteiger partial charge on any atom is -0.351 e. The minimum atomic E-state index is -0.270.